The highest BCUT2D eigenvalue weighted by molar-refractivity contribution is 6.10. The first-order valence-corrected chi connectivity index (χ1v) is 11.9. The molecule has 1 amide bonds. The molecule has 2 N–H and O–H groups in total. The van der Waals surface area contributed by atoms with Crippen molar-refractivity contribution in [3.63, 3.8) is 0 Å². The Bertz CT molecular complexity index is 1460. The maximum Gasteiger partial charge on any atom is 0.269 e. The summed E-state index contributed by atoms with van der Waals surface area (Å²) in [4.78, 5) is 37.9. The number of ketones is 1. The lowest BCUT2D eigenvalue weighted by Crippen LogP contribution is -2.37. The van der Waals surface area contributed by atoms with E-state index >= 15 is 0 Å². The average molecular weight is 498 g/mol. The van der Waals surface area contributed by atoms with Gasteiger partial charge in [-0.05, 0) is 42.5 Å². The second-order valence-corrected chi connectivity index (χ2v) is 9.21. The van der Waals surface area contributed by atoms with Gasteiger partial charge in [0.2, 0.25) is 0 Å². The molecule has 2 aliphatic rings. The zero-order valence-electron chi connectivity index (χ0n) is 20.0. The standard InChI is InChI=1S/C29H24FN3O4/c1-17-26(29(35)32-23-10-6-5-9-22(23)30)27(19-11-13-21(14-12-19)33(36)37)28-24(31-17)15-20(16-25(28)34)18-7-3-2-4-8-18/h2-14,20,27,31H,15-16H2,1H3,(H,32,35). The summed E-state index contributed by atoms with van der Waals surface area (Å²) >= 11 is 0. The van der Waals surface area contributed by atoms with Crippen LogP contribution < -0.4 is 10.6 Å². The summed E-state index contributed by atoms with van der Waals surface area (Å²) in [5.74, 6) is -2.01. The predicted octanol–water partition coefficient (Wildman–Crippen LogP) is 5.73. The number of Topliss-reactive ketones (excluding diaryl/α,β-unsaturated/α-hetero) is 1. The Labute approximate surface area is 212 Å². The largest absolute Gasteiger partial charge is 0.362 e. The molecule has 5 rings (SSSR count). The number of nitrogens with zero attached hydrogens (tertiary/aromatic N) is 1. The molecule has 37 heavy (non-hydrogen) atoms. The van der Waals surface area contributed by atoms with Crippen molar-refractivity contribution in [2.75, 3.05) is 5.32 Å². The first kappa shape index (κ1) is 24.1. The summed E-state index contributed by atoms with van der Waals surface area (Å²) in [7, 11) is 0. The van der Waals surface area contributed by atoms with Gasteiger partial charge in [-0.3, -0.25) is 19.7 Å². The van der Waals surface area contributed by atoms with Crippen molar-refractivity contribution in [2.45, 2.75) is 31.6 Å². The fourth-order valence-corrected chi connectivity index (χ4v) is 5.18. The minimum absolute atomic E-state index is 0.0148. The third-order valence-corrected chi connectivity index (χ3v) is 6.90. The Morgan fingerprint density at radius 2 is 1.65 bits per heavy atom. The summed E-state index contributed by atoms with van der Waals surface area (Å²) < 4.78 is 14.3. The molecule has 7 nitrogen and oxygen atoms in total. The zero-order valence-corrected chi connectivity index (χ0v) is 20.0. The minimum atomic E-state index is -0.756. The van der Waals surface area contributed by atoms with Gasteiger partial charge in [-0.2, -0.15) is 0 Å². The molecule has 186 valence electrons. The maximum absolute atomic E-state index is 14.3. The van der Waals surface area contributed by atoms with Crippen LogP contribution >= 0.6 is 0 Å². The molecule has 3 aromatic rings. The van der Waals surface area contributed by atoms with Crippen LogP contribution in [0.3, 0.4) is 0 Å². The van der Waals surface area contributed by atoms with Gasteiger partial charge >= 0.3 is 0 Å². The van der Waals surface area contributed by atoms with Crippen molar-refractivity contribution in [3.05, 3.63) is 128 Å². The SMILES string of the molecule is CC1=C(C(=O)Nc2ccccc2F)C(c2ccc([N+](=O)[O-])cc2)C2=C(CC(c3ccccc3)CC2=O)N1. The molecule has 1 heterocycles. The molecule has 1 aliphatic carbocycles. The molecule has 0 saturated heterocycles. The van der Waals surface area contributed by atoms with Gasteiger partial charge in [0.05, 0.1) is 10.6 Å². The van der Waals surface area contributed by atoms with Crippen LogP contribution in [0.25, 0.3) is 0 Å². The van der Waals surface area contributed by atoms with Gasteiger partial charge in [0.25, 0.3) is 11.6 Å². The quantitative estimate of drug-likeness (QED) is 0.346. The first-order chi connectivity index (χ1) is 17.8. The molecule has 0 bridgehead atoms. The number of nitrogens with one attached hydrogen (secondary N) is 2. The van der Waals surface area contributed by atoms with E-state index < -0.39 is 22.6 Å². The Morgan fingerprint density at radius 1 is 0.973 bits per heavy atom. The number of hydrogen-bond donors (Lipinski definition) is 2. The minimum Gasteiger partial charge on any atom is -0.362 e. The van der Waals surface area contributed by atoms with Gasteiger partial charge in [-0.15, -0.1) is 0 Å². The molecule has 0 saturated carbocycles. The van der Waals surface area contributed by atoms with E-state index in [0.717, 1.165) is 11.3 Å². The van der Waals surface area contributed by atoms with Gasteiger partial charge in [-0.25, -0.2) is 4.39 Å². The number of rotatable bonds is 5. The molecule has 2 unspecified atom stereocenters. The molecule has 8 heteroatoms. The number of nitro groups is 1. The van der Waals surface area contributed by atoms with Gasteiger partial charge in [-0.1, -0.05) is 54.6 Å². The smallest absolute Gasteiger partial charge is 0.269 e. The number of non-ortho nitro benzene ring substituents is 1. The lowest BCUT2D eigenvalue weighted by atomic mass is 9.71. The van der Waals surface area contributed by atoms with E-state index in [0.29, 0.717) is 23.3 Å². The van der Waals surface area contributed by atoms with Crippen molar-refractivity contribution in [3.8, 4) is 0 Å². The third-order valence-electron chi connectivity index (χ3n) is 6.90. The summed E-state index contributed by atoms with van der Waals surface area (Å²) in [5, 5.41) is 17.1. The van der Waals surface area contributed by atoms with Crippen LogP contribution in [0.15, 0.2) is 101 Å². The molecular formula is C29H24FN3O4. The van der Waals surface area contributed by atoms with E-state index in [9.17, 15) is 24.1 Å². The topological polar surface area (TPSA) is 101 Å². The Balaban J connectivity index is 1.58. The monoisotopic (exact) mass is 497 g/mol. The van der Waals surface area contributed by atoms with Crippen molar-refractivity contribution in [2.24, 2.45) is 0 Å². The third kappa shape index (κ3) is 4.65. The summed E-state index contributed by atoms with van der Waals surface area (Å²) in [6.45, 7) is 1.75. The number of hydrogen-bond acceptors (Lipinski definition) is 5. The fraction of sp³-hybridized carbons (Fsp3) is 0.172. The van der Waals surface area contributed by atoms with Crippen LogP contribution in [-0.4, -0.2) is 16.6 Å². The fourth-order valence-electron chi connectivity index (χ4n) is 5.18. The van der Waals surface area contributed by atoms with Crippen LogP contribution in [0.2, 0.25) is 0 Å². The van der Waals surface area contributed by atoms with Gasteiger partial charge < -0.3 is 10.6 Å². The number of halogens is 1. The molecule has 0 aromatic heterocycles. The highest BCUT2D eigenvalue weighted by Gasteiger charge is 2.41. The number of carbonyl (C=O) groups is 2. The number of anilines is 1. The van der Waals surface area contributed by atoms with E-state index in [2.05, 4.69) is 10.6 Å². The predicted molar refractivity (Wildman–Crippen MR) is 137 cm³/mol. The average Bonchev–Trinajstić information content (AvgIpc) is 2.89. The second-order valence-electron chi connectivity index (χ2n) is 9.21. The van der Waals surface area contributed by atoms with E-state index in [-0.39, 0.29) is 35.1 Å². The Morgan fingerprint density at radius 3 is 2.32 bits per heavy atom. The van der Waals surface area contributed by atoms with Gasteiger partial charge in [0.15, 0.2) is 5.78 Å². The van der Waals surface area contributed by atoms with Gasteiger partial charge in [0, 0.05) is 47.0 Å². The zero-order chi connectivity index (χ0) is 26.1. The number of carbonyl (C=O) groups excluding carboxylic acids is 2. The van der Waals surface area contributed by atoms with Crippen LogP contribution in [0.1, 0.15) is 42.7 Å². The number of amides is 1. The number of allylic oxidation sites excluding steroid dienone is 3. The molecule has 0 fully saturated rings. The molecule has 0 radical (unpaired) electrons. The van der Waals surface area contributed by atoms with Crippen LogP contribution in [-0.2, 0) is 9.59 Å². The number of dihydropyridines is 1. The van der Waals surface area contributed by atoms with E-state index in [4.69, 9.17) is 0 Å². The molecule has 0 spiro atoms. The molecule has 2 atom stereocenters. The number of para-hydroxylation sites is 1. The second kappa shape index (κ2) is 9.81. The summed E-state index contributed by atoms with van der Waals surface area (Å²) in [5.41, 5.74) is 3.56. The number of benzene rings is 3. The Kier molecular flexibility index (Phi) is 6.40. The van der Waals surface area contributed by atoms with Crippen LogP contribution in [0, 0.1) is 15.9 Å². The van der Waals surface area contributed by atoms with E-state index in [1.54, 1.807) is 25.1 Å². The van der Waals surface area contributed by atoms with Crippen molar-refractivity contribution in [1.29, 1.82) is 0 Å². The molecule has 3 aromatic carbocycles. The van der Waals surface area contributed by atoms with Crippen LogP contribution in [0.5, 0.6) is 0 Å². The maximum atomic E-state index is 14.3. The molecular weight excluding hydrogens is 473 g/mol. The summed E-state index contributed by atoms with van der Waals surface area (Å²) in [6.07, 6.45) is 0.851. The molecule has 1 aliphatic heterocycles. The number of nitro benzene ring substituents is 1. The van der Waals surface area contributed by atoms with Crippen molar-refractivity contribution < 1.29 is 18.9 Å². The van der Waals surface area contributed by atoms with Crippen LogP contribution in [0.4, 0.5) is 15.8 Å². The van der Waals surface area contributed by atoms with Crippen molar-refractivity contribution in [1.82, 2.24) is 5.32 Å². The first-order valence-electron chi connectivity index (χ1n) is 11.9. The lowest BCUT2D eigenvalue weighted by Gasteiger charge is -2.37. The van der Waals surface area contributed by atoms with E-state index in [1.807, 2.05) is 30.3 Å². The Hall–Kier alpha value is -4.59. The summed E-state index contributed by atoms with van der Waals surface area (Å²) in [6, 6.07) is 21.5. The normalized spacial score (nSPS) is 19.2. The van der Waals surface area contributed by atoms with Crippen molar-refractivity contribution >= 4 is 23.1 Å². The lowest BCUT2D eigenvalue weighted by molar-refractivity contribution is -0.384. The van der Waals surface area contributed by atoms with Gasteiger partial charge in [0.1, 0.15) is 5.82 Å². The highest BCUT2D eigenvalue weighted by atomic mass is 19.1. The van der Waals surface area contributed by atoms with E-state index in [1.165, 1.54) is 30.3 Å². The highest BCUT2D eigenvalue weighted by Crippen LogP contribution is 2.45.